The summed E-state index contributed by atoms with van der Waals surface area (Å²) in [6.07, 6.45) is 0. The Kier molecular flexibility index (Phi) is 5.58. The lowest BCUT2D eigenvalue weighted by Gasteiger charge is -2.14. The average Bonchev–Trinajstić information content (AvgIpc) is 3.35. The van der Waals surface area contributed by atoms with E-state index >= 15 is 0 Å². The number of rotatable bonds is 5. The molecule has 0 bridgehead atoms. The molecular formula is C26H20N4O5. The Hall–Kier alpha value is -4.79. The lowest BCUT2D eigenvalue weighted by molar-refractivity contribution is 0.0600. The normalized spacial score (nSPS) is 11.0. The third-order valence-electron chi connectivity index (χ3n) is 5.64. The summed E-state index contributed by atoms with van der Waals surface area (Å²) in [5, 5.41) is 4.35. The van der Waals surface area contributed by atoms with Gasteiger partial charge in [0.1, 0.15) is 6.54 Å². The monoisotopic (exact) mass is 468 g/mol. The van der Waals surface area contributed by atoms with Gasteiger partial charge in [0.05, 0.1) is 29.3 Å². The fourth-order valence-electron chi connectivity index (χ4n) is 3.99. The van der Waals surface area contributed by atoms with Crippen LogP contribution in [-0.2, 0) is 11.3 Å². The number of nitrogens with zero attached hydrogens (tertiary/aromatic N) is 4. The highest BCUT2D eigenvalue weighted by molar-refractivity contribution is 5.93. The number of hydrogen-bond acceptors (Lipinski definition) is 7. The zero-order valence-corrected chi connectivity index (χ0v) is 19.0. The Morgan fingerprint density at radius 2 is 1.77 bits per heavy atom. The fraction of sp³-hybridized carbons (Fsp3) is 0.115. The van der Waals surface area contributed by atoms with E-state index in [0.717, 1.165) is 15.7 Å². The minimum absolute atomic E-state index is 0.0706. The summed E-state index contributed by atoms with van der Waals surface area (Å²) in [6.45, 7) is 1.89. The van der Waals surface area contributed by atoms with Crippen LogP contribution in [0.15, 0.2) is 86.9 Å². The molecule has 5 aromatic rings. The zero-order valence-electron chi connectivity index (χ0n) is 19.0. The number of ether oxygens (including phenoxy) is 1. The Bertz CT molecular complexity index is 1700. The van der Waals surface area contributed by atoms with Crippen LogP contribution >= 0.6 is 0 Å². The molecule has 5 rings (SSSR count). The molecule has 0 amide bonds. The van der Waals surface area contributed by atoms with Gasteiger partial charge in [-0.3, -0.25) is 9.36 Å². The molecule has 0 spiro atoms. The Labute approximate surface area is 198 Å². The summed E-state index contributed by atoms with van der Waals surface area (Å²) in [4.78, 5) is 43.9. The van der Waals surface area contributed by atoms with Crippen LogP contribution in [0.4, 0.5) is 0 Å². The molecule has 35 heavy (non-hydrogen) atoms. The first-order valence-corrected chi connectivity index (χ1v) is 10.8. The van der Waals surface area contributed by atoms with E-state index < -0.39 is 17.2 Å². The van der Waals surface area contributed by atoms with Gasteiger partial charge in [0.25, 0.3) is 5.56 Å². The van der Waals surface area contributed by atoms with Crippen molar-refractivity contribution in [3.63, 3.8) is 0 Å². The predicted octanol–water partition coefficient (Wildman–Crippen LogP) is 3.35. The Morgan fingerprint density at radius 3 is 2.57 bits per heavy atom. The molecule has 0 aliphatic carbocycles. The van der Waals surface area contributed by atoms with Crippen molar-refractivity contribution in [3.8, 4) is 17.1 Å². The van der Waals surface area contributed by atoms with Gasteiger partial charge in [-0.25, -0.2) is 14.2 Å². The largest absolute Gasteiger partial charge is 0.465 e. The summed E-state index contributed by atoms with van der Waals surface area (Å²) >= 11 is 0. The van der Waals surface area contributed by atoms with Crippen molar-refractivity contribution in [1.29, 1.82) is 0 Å². The lowest BCUT2D eigenvalue weighted by Crippen LogP contribution is -2.40. The number of aryl methyl sites for hydroxylation is 1. The highest BCUT2D eigenvalue weighted by atomic mass is 16.5. The third kappa shape index (κ3) is 3.93. The topological polar surface area (TPSA) is 109 Å². The molecule has 0 atom stereocenters. The number of methoxy groups -OCH3 is 1. The van der Waals surface area contributed by atoms with Crippen LogP contribution in [0.1, 0.15) is 21.8 Å². The van der Waals surface area contributed by atoms with Gasteiger partial charge in [0.2, 0.25) is 11.7 Å². The Morgan fingerprint density at radius 1 is 1.00 bits per heavy atom. The number of fused-ring (bicyclic) bond motifs is 1. The maximum Gasteiger partial charge on any atom is 0.339 e. The van der Waals surface area contributed by atoms with Crippen LogP contribution < -0.4 is 11.2 Å². The molecule has 0 radical (unpaired) electrons. The molecule has 0 saturated carbocycles. The Balaban J connectivity index is 1.69. The quantitative estimate of drug-likeness (QED) is 0.364. The van der Waals surface area contributed by atoms with Gasteiger partial charge in [-0.15, -0.1) is 0 Å². The van der Waals surface area contributed by atoms with E-state index in [2.05, 4.69) is 10.1 Å². The van der Waals surface area contributed by atoms with Crippen molar-refractivity contribution in [2.24, 2.45) is 0 Å². The number of esters is 1. The van der Waals surface area contributed by atoms with Crippen molar-refractivity contribution in [2.75, 3.05) is 7.11 Å². The van der Waals surface area contributed by atoms with E-state index in [1.807, 2.05) is 31.2 Å². The maximum atomic E-state index is 13.7. The first-order chi connectivity index (χ1) is 17.0. The molecule has 2 heterocycles. The molecule has 0 unspecified atom stereocenters. The summed E-state index contributed by atoms with van der Waals surface area (Å²) in [5.41, 5.74) is 1.26. The van der Waals surface area contributed by atoms with Crippen LogP contribution in [0.3, 0.4) is 0 Å². The van der Waals surface area contributed by atoms with E-state index in [1.54, 1.807) is 36.4 Å². The molecule has 0 aliphatic rings. The molecule has 174 valence electrons. The van der Waals surface area contributed by atoms with E-state index in [-0.39, 0.29) is 23.7 Å². The van der Waals surface area contributed by atoms with E-state index in [9.17, 15) is 14.4 Å². The predicted molar refractivity (Wildman–Crippen MR) is 129 cm³/mol. The standard InChI is InChI=1S/C26H20N4O5/c1-16-8-7-9-17(14-16)23-27-22(35-28-23)15-29-20-12-5-3-10-18(20)24(31)30(26(29)33)21-13-6-4-11-19(21)25(32)34-2/h3-14H,15H2,1-2H3. The number of hydrogen-bond donors (Lipinski definition) is 0. The molecule has 0 aliphatic heterocycles. The molecule has 0 saturated heterocycles. The molecule has 9 heteroatoms. The first kappa shape index (κ1) is 22.0. The van der Waals surface area contributed by atoms with Gasteiger partial charge in [0, 0.05) is 5.56 Å². The van der Waals surface area contributed by atoms with Crippen molar-refractivity contribution < 1.29 is 14.1 Å². The number of carbonyl (C=O) groups excluding carboxylic acids is 1. The van der Waals surface area contributed by atoms with E-state index in [4.69, 9.17) is 9.26 Å². The van der Waals surface area contributed by atoms with E-state index in [1.165, 1.54) is 23.8 Å². The van der Waals surface area contributed by atoms with Crippen molar-refractivity contribution in [3.05, 3.63) is 111 Å². The van der Waals surface area contributed by atoms with Gasteiger partial charge >= 0.3 is 11.7 Å². The number of carbonyl (C=O) groups is 1. The first-order valence-electron chi connectivity index (χ1n) is 10.8. The second-order valence-electron chi connectivity index (χ2n) is 7.92. The average molecular weight is 468 g/mol. The second-order valence-corrected chi connectivity index (χ2v) is 7.92. The van der Waals surface area contributed by atoms with Crippen LogP contribution in [0.2, 0.25) is 0 Å². The van der Waals surface area contributed by atoms with Crippen molar-refractivity contribution >= 4 is 16.9 Å². The molecule has 2 aromatic heterocycles. The SMILES string of the molecule is COC(=O)c1ccccc1-n1c(=O)c2ccccc2n(Cc2nc(-c3cccc(C)c3)no2)c1=O. The minimum Gasteiger partial charge on any atom is -0.465 e. The van der Waals surface area contributed by atoms with Crippen molar-refractivity contribution in [2.45, 2.75) is 13.5 Å². The van der Waals surface area contributed by atoms with Crippen molar-refractivity contribution in [1.82, 2.24) is 19.3 Å². The highest BCUT2D eigenvalue weighted by Gasteiger charge is 2.21. The van der Waals surface area contributed by atoms with Gasteiger partial charge in [-0.05, 0) is 37.3 Å². The number of benzene rings is 3. The summed E-state index contributed by atoms with van der Waals surface area (Å²) in [5.74, 6) is -0.0723. The molecule has 0 N–H and O–H groups in total. The zero-order chi connectivity index (χ0) is 24.5. The van der Waals surface area contributed by atoms with Gasteiger partial charge < -0.3 is 9.26 Å². The summed E-state index contributed by atoms with van der Waals surface area (Å²) in [6, 6.07) is 20.7. The van der Waals surface area contributed by atoms with E-state index in [0.29, 0.717) is 16.7 Å². The smallest absolute Gasteiger partial charge is 0.339 e. The minimum atomic E-state index is -0.661. The number of para-hydroxylation sites is 2. The van der Waals surface area contributed by atoms with Gasteiger partial charge in [-0.2, -0.15) is 4.98 Å². The summed E-state index contributed by atoms with van der Waals surface area (Å²) in [7, 11) is 1.24. The summed E-state index contributed by atoms with van der Waals surface area (Å²) < 4.78 is 12.6. The molecular weight excluding hydrogens is 448 g/mol. The highest BCUT2D eigenvalue weighted by Crippen LogP contribution is 2.19. The van der Waals surface area contributed by atoms with Crippen LogP contribution in [-0.4, -0.2) is 32.4 Å². The number of aromatic nitrogens is 4. The third-order valence-corrected chi connectivity index (χ3v) is 5.64. The second kappa shape index (κ2) is 8.86. The van der Waals surface area contributed by atoms with Crippen LogP contribution in [0, 0.1) is 6.92 Å². The maximum absolute atomic E-state index is 13.7. The lowest BCUT2D eigenvalue weighted by atomic mass is 10.1. The fourth-order valence-corrected chi connectivity index (χ4v) is 3.99. The van der Waals surface area contributed by atoms with Crippen LogP contribution in [0.5, 0.6) is 0 Å². The molecule has 9 nitrogen and oxygen atoms in total. The molecule has 3 aromatic carbocycles. The molecule has 0 fully saturated rings. The van der Waals surface area contributed by atoms with Gasteiger partial charge in [0.15, 0.2) is 0 Å². The van der Waals surface area contributed by atoms with Crippen LogP contribution in [0.25, 0.3) is 28.0 Å². The van der Waals surface area contributed by atoms with Gasteiger partial charge in [-0.1, -0.05) is 53.2 Å².